The highest BCUT2D eigenvalue weighted by Crippen LogP contribution is 2.30. The number of nitrogens with zero attached hydrogens (tertiary/aromatic N) is 2. The number of pyridine rings is 1. The molecular formula is C22H27N3O4. The number of methoxy groups -OCH3 is 1. The molecule has 3 rings (SSSR count). The van der Waals surface area contributed by atoms with Gasteiger partial charge in [0.1, 0.15) is 6.61 Å². The summed E-state index contributed by atoms with van der Waals surface area (Å²) in [5, 5.41) is 2.88. The molecule has 2 aromatic rings. The van der Waals surface area contributed by atoms with Crippen LogP contribution in [0.25, 0.3) is 11.1 Å². The second kappa shape index (κ2) is 9.62. The van der Waals surface area contributed by atoms with Gasteiger partial charge in [0, 0.05) is 39.0 Å². The molecule has 1 aliphatic heterocycles. The Morgan fingerprint density at radius 3 is 2.72 bits per heavy atom. The van der Waals surface area contributed by atoms with E-state index in [-0.39, 0.29) is 25.0 Å². The second-order valence-electron chi connectivity index (χ2n) is 7.02. The summed E-state index contributed by atoms with van der Waals surface area (Å²) in [6.07, 6.45) is 3.84. The Labute approximate surface area is 171 Å². The van der Waals surface area contributed by atoms with Crippen LogP contribution in [0.4, 0.5) is 0 Å². The average molecular weight is 397 g/mol. The molecule has 2 heterocycles. The highest BCUT2D eigenvalue weighted by Gasteiger charge is 2.45. The van der Waals surface area contributed by atoms with Gasteiger partial charge in [0.2, 0.25) is 5.91 Å². The number of benzene rings is 1. The predicted octanol–water partition coefficient (Wildman–Crippen LogP) is 1.67. The predicted molar refractivity (Wildman–Crippen MR) is 109 cm³/mol. The van der Waals surface area contributed by atoms with Crippen LogP contribution < -0.4 is 5.32 Å². The largest absolute Gasteiger partial charge is 0.375 e. The number of hydrogen-bond donors (Lipinski definition) is 1. The summed E-state index contributed by atoms with van der Waals surface area (Å²) in [5.74, 6) is -0.355. The number of aromatic nitrogens is 1. The van der Waals surface area contributed by atoms with E-state index < -0.39 is 5.60 Å². The lowest BCUT2D eigenvalue weighted by molar-refractivity contribution is -0.167. The van der Waals surface area contributed by atoms with Gasteiger partial charge in [-0.3, -0.25) is 14.6 Å². The highest BCUT2D eigenvalue weighted by molar-refractivity contribution is 5.88. The van der Waals surface area contributed by atoms with Gasteiger partial charge in [0.05, 0.1) is 13.2 Å². The Bertz CT molecular complexity index is 843. The normalized spacial score (nSPS) is 19.0. The number of amides is 2. The summed E-state index contributed by atoms with van der Waals surface area (Å²) in [6.45, 7) is 3.26. The minimum atomic E-state index is -1.15. The fourth-order valence-electron chi connectivity index (χ4n) is 3.65. The van der Waals surface area contributed by atoms with Crippen LogP contribution >= 0.6 is 0 Å². The molecule has 2 amide bonds. The summed E-state index contributed by atoms with van der Waals surface area (Å²) < 4.78 is 11.1. The van der Waals surface area contributed by atoms with Crippen LogP contribution in [-0.2, 0) is 25.5 Å². The first-order valence-corrected chi connectivity index (χ1v) is 9.77. The van der Waals surface area contributed by atoms with Gasteiger partial charge >= 0.3 is 0 Å². The van der Waals surface area contributed by atoms with E-state index in [1.807, 2.05) is 43.3 Å². The quantitative estimate of drug-likeness (QED) is 0.769. The molecule has 1 fully saturated rings. The van der Waals surface area contributed by atoms with Crippen molar-refractivity contribution in [3.63, 3.8) is 0 Å². The third-order valence-electron chi connectivity index (χ3n) is 5.04. The number of morpholine rings is 1. The minimum absolute atomic E-state index is 0.0148. The smallest absolute Gasteiger partial charge is 0.254 e. The molecule has 1 saturated heterocycles. The molecule has 0 unspecified atom stereocenters. The van der Waals surface area contributed by atoms with E-state index in [4.69, 9.17) is 9.47 Å². The van der Waals surface area contributed by atoms with E-state index in [1.54, 1.807) is 17.3 Å². The van der Waals surface area contributed by atoms with Gasteiger partial charge in [-0.05, 0) is 35.7 Å². The minimum Gasteiger partial charge on any atom is -0.375 e. The molecule has 0 bridgehead atoms. The van der Waals surface area contributed by atoms with Gasteiger partial charge in [0.25, 0.3) is 5.91 Å². The second-order valence-corrected chi connectivity index (χ2v) is 7.02. The highest BCUT2D eigenvalue weighted by atomic mass is 16.5. The zero-order chi connectivity index (χ0) is 20.7. The first-order chi connectivity index (χ1) is 14.1. The van der Waals surface area contributed by atoms with Gasteiger partial charge in [-0.1, -0.05) is 24.3 Å². The Balaban J connectivity index is 1.95. The Kier molecular flexibility index (Phi) is 6.95. The molecule has 0 radical (unpaired) electrons. The molecule has 0 aliphatic carbocycles. The number of nitrogens with one attached hydrogen (secondary N) is 1. The summed E-state index contributed by atoms with van der Waals surface area (Å²) in [4.78, 5) is 31.2. The number of ether oxygens (including phenoxy) is 2. The Morgan fingerprint density at radius 2 is 2.00 bits per heavy atom. The maximum atomic E-state index is 13.1. The number of hydrogen-bond acceptors (Lipinski definition) is 5. The monoisotopic (exact) mass is 397 g/mol. The van der Waals surface area contributed by atoms with E-state index in [0.29, 0.717) is 26.1 Å². The molecule has 7 heteroatoms. The van der Waals surface area contributed by atoms with Crippen molar-refractivity contribution >= 4 is 11.8 Å². The van der Waals surface area contributed by atoms with Crippen LogP contribution in [0.3, 0.4) is 0 Å². The Morgan fingerprint density at radius 1 is 1.24 bits per heavy atom. The summed E-state index contributed by atoms with van der Waals surface area (Å²) in [6, 6.07) is 11.8. The van der Waals surface area contributed by atoms with Crippen LogP contribution in [-0.4, -0.2) is 67.3 Å². The summed E-state index contributed by atoms with van der Waals surface area (Å²) in [7, 11) is 1.49. The van der Waals surface area contributed by atoms with Crippen LogP contribution in [0.15, 0.2) is 48.8 Å². The van der Waals surface area contributed by atoms with Crippen molar-refractivity contribution < 1.29 is 19.1 Å². The lowest BCUT2D eigenvalue weighted by Crippen LogP contribution is -2.62. The molecule has 1 N–H and O–H groups in total. The van der Waals surface area contributed by atoms with Crippen LogP contribution in [0, 0.1) is 0 Å². The fraction of sp³-hybridized carbons (Fsp3) is 0.409. The maximum absolute atomic E-state index is 13.1. The van der Waals surface area contributed by atoms with E-state index in [2.05, 4.69) is 10.3 Å². The lowest BCUT2D eigenvalue weighted by Gasteiger charge is -2.42. The molecule has 1 aromatic heterocycles. The molecule has 0 spiro atoms. The zero-order valence-electron chi connectivity index (χ0n) is 16.9. The molecule has 29 heavy (non-hydrogen) atoms. The van der Waals surface area contributed by atoms with Crippen molar-refractivity contribution in [2.24, 2.45) is 0 Å². The van der Waals surface area contributed by atoms with Crippen molar-refractivity contribution in [1.29, 1.82) is 0 Å². The first-order valence-electron chi connectivity index (χ1n) is 9.77. The Hall–Kier alpha value is -2.77. The molecular weight excluding hydrogens is 370 g/mol. The van der Waals surface area contributed by atoms with Crippen molar-refractivity contribution in [2.45, 2.75) is 18.9 Å². The van der Waals surface area contributed by atoms with Gasteiger partial charge in [0.15, 0.2) is 5.60 Å². The average Bonchev–Trinajstić information content (AvgIpc) is 2.75. The number of carbonyl (C=O) groups is 2. The van der Waals surface area contributed by atoms with Crippen LogP contribution in [0.2, 0.25) is 0 Å². The van der Waals surface area contributed by atoms with Crippen molar-refractivity contribution in [3.05, 3.63) is 54.4 Å². The van der Waals surface area contributed by atoms with Gasteiger partial charge < -0.3 is 19.7 Å². The van der Waals surface area contributed by atoms with E-state index in [9.17, 15) is 9.59 Å². The standard InChI is InChI=1S/C22H27N3O4/c1-3-24-21(27)22(16-25(12-13-29-22)20(26)15-28-2)14-18-6-4-5-7-19(18)17-8-10-23-11-9-17/h4-11H,3,12-16H2,1-2H3,(H,24,27)/t22-/m1/s1. The van der Waals surface area contributed by atoms with Crippen LogP contribution in [0.5, 0.6) is 0 Å². The maximum Gasteiger partial charge on any atom is 0.254 e. The lowest BCUT2D eigenvalue weighted by atomic mass is 9.87. The van der Waals surface area contributed by atoms with Crippen molar-refractivity contribution in [3.8, 4) is 11.1 Å². The SMILES string of the molecule is CCNC(=O)[C@@]1(Cc2ccccc2-c2ccncc2)CN(C(=O)COC)CCO1. The number of carbonyl (C=O) groups excluding carboxylic acids is 2. The third-order valence-corrected chi connectivity index (χ3v) is 5.04. The number of likely N-dealkylation sites (N-methyl/N-ethyl adjacent to an activating group) is 1. The van der Waals surface area contributed by atoms with Gasteiger partial charge in [-0.25, -0.2) is 0 Å². The molecule has 1 aliphatic rings. The van der Waals surface area contributed by atoms with Crippen molar-refractivity contribution in [1.82, 2.24) is 15.2 Å². The topological polar surface area (TPSA) is 80.8 Å². The molecule has 1 atom stereocenters. The molecule has 7 nitrogen and oxygen atoms in total. The van der Waals surface area contributed by atoms with Crippen LogP contribution in [0.1, 0.15) is 12.5 Å². The van der Waals surface area contributed by atoms with E-state index in [0.717, 1.165) is 16.7 Å². The summed E-state index contributed by atoms with van der Waals surface area (Å²) >= 11 is 0. The number of rotatable bonds is 7. The van der Waals surface area contributed by atoms with Gasteiger partial charge in [-0.15, -0.1) is 0 Å². The zero-order valence-corrected chi connectivity index (χ0v) is 16.9. The first kappa shape index (κ1) is 21.0. The van der Waals surface area contributed by atoms with Crippen molar-refractivity contribution in [2.75, 3.05) is 40.0 Å². The van der Waals surface area contributed by atoms with E-state index in [1.165, 1.54) is 7.11 Å². The van der Waals surface area contributed by atoms with E-state index >= 15 is 0 Å². The fourth-order valence-corrected chi connectivity index (χ4v) is 3.65. The third kappa shape index (κ3) is 4.81. The summed E-state index contributed by atoms with van der Waals surface area (Å²) in [5.41, 5.74) is 1.86. The molecule has 1 aromatic carbocycles. The van der Waals surface area contributed by atoms with Gasteiger partial charge in [-0.2, -0.15) is 0 Å². The molecule has 154 valence electrons. The molecule has 0 saturated carbocycles.